The number of methoxy groups -OCH3 is 3. The van der Waals surface area contributed by atoms with Crippen molar-refractivity contribution in [2.24, 2.45) is 5.73 Å². The van der Waals surface area contributed by atoms with Crippen LogP contribution in [0.2, 0.25) is 0 Å². The summed E-state index contributed by atoms with van der Waals surface area (Å²) in [6, 6.07) is 17.5. The lowest BCUT2D eigenvalue weighted by Gasteiger charge is -2.22. The Labute approximate surface area is 202 Å². The Hall–Kier alpha value is -4.73. The maximum atomic E-state index is 13.3. The van der Waals surface area contributed by atoms with Gasteiger partial charge in [-0.3, -0.25) is 25.8 Å². The standard InChI is InChI=1S/C25H27N5O5/c1-33-19-13-17(14-20(34-2)22(19)35-3)21(28-18-11-9-15(10-12-18)23(26)27)25(32)30-29-24(31)16-7-5-4-6-8-16/h4-14,21,28H,1-3H3,(H3,26,27)(H,29,31)(H,30,32). The monoisotopic (exact) mass is 477 g/mol. The predicted molar refractivity (Wildman–Crippen MR) is 132 cm³/mol. The molecular formula is C25H27N5O5. The van der Waals surface area contributed by atoms with Crippen LogP contribution < -0.4 is 36.1 Å². The van der Waals surface area contributed by atoms with Gasteiger partial charge in [0.1, 0.15) is 11.9 Å². The van der Waals surface area contributed by atoms with Gasteiger partial charge in [0, 0.05) is 16.8 Å². The number of nitrogen functional groups attached to an aromatic ring is 1. The highest BCUT2D eigenvalue weighted by Gasteiger charge is 2.25. The van der Waals surface area contributed by atoms with E-state index in [1.807, 2.05) is 0 Å². The summed E-state index contributed by atoms with van der Waals surface area (Å²) in [5.41, 5.74) is 12.4. The van der Waals surface area contributed by atoms with E-state index in [1.54, 1.807) is 66.7 Å². The third-order valence-electron chi connectivity index (χ3n) is 5.12. The molecule has 10 heteroatoms. The first-order valence-corrected chi connectivity index (χ1v) is 10.5. The lowest BCUT2D eigenvalue weighted by Crippen LogP contribution is -2.45. The number of hydrazine groups is 1. The molecule has 0 bridgehead atoms. The quantitative estimate of drug-likeness (QED) is 0.181. The van der Waals surface area contributed by atoms with Crippen molar-refractivity contribution in [2.45, 2.75) is 6.04 Å². The zero-order valence-electron chi connectivity index (χ0n) is 19.5. The van der Waals surface area contributed by atoms with E-state index in [2.05, 4.69) is 16.2 Å². The summed E-state index contributed by atoms with van der Waals surface area (Å²) in [6.45, 7) is 0. The van der Waals surface area contributed by atoms with Crippen LogP contribution in [0.5, 0.6) is 17.2 Å². The Morgan fingerprint density at radius 1 is 0.829 bits per heavy atom. The van der Waals surface area contributed by atoms with Gasteiger partial charge in [-0.1, -0.05) is 18.2 Å². The molecule has 0 aromatic heterocycles. The third-order valence-corrected chi connectivity index (χ3v) is 5.12. The van der Waals surface area contributed by atoms with Gasteiger partial charge in [0.15, 0.2) is 11.5 Å². The summed E-state index contributed by atoms with van der Waals surface area (Å²) in [7, 11) is 4.44. The summed E-state index contributed by atoms with van der Waals surface area (Å²) in [5.74, 6) is 0.0243. The molecule has 182 valence electrons. The Morgan fingerprint density at radius 3 is 1.94 bits per heavy atom. The van der Waals surface area contributed by atoms with Crippen LogP contribution in [0.25, 0.3) is 0 Å². The zero-order chi connectivity index (χ0) is 25.4. The molecule has 6 N–H and O–H groups in total. The van der Waals surface area contributed by atoms with Gasteiger partial charge < -0.3 is 25.3 Å². The Kier molecular flexibility index (Phi) is 8.12. The molecule has 10 nitrogen and oxygen atoms in total. The maximum absolute atomic E-state index is 13.3. The summed E-state index contributed by atoms with van der Waals surface area (Å²) < 4.78 is 16.2. The largest absolute Gasteiger partial charge is 0.493 e. The van der Waals surface area contributed by atoms with Gasteiger partial charge in [0.2, 0.25) is 5.75 Å². The number of hydrogen-bond acceptors (Lipinski definition) is 7. The molecule has 0 fully saturated rings. The summed E-state index contributed by atoms with van der Waals surface area (Å²) >= 11 is 0. The number of anilines is 1. The number of rotatable bonds is 9. The fraction of sp³-hybridized carbons (Fsp3) is 0.160. The highest BCUT2D eigenvalue weighted by atomic mass is 16.5. The van der Waals surface area contributed by atoms with Gasteiger partial charge in [-0.25, -0.2) is 0 Å². The third kappa shape index (κ3) is 5.99. The average Bonchev–Trinajstić information content (AvgIpc) is 2.89. The van der Waals surface area contributed by atoms with Gasteiger partial charge in [-0.2, -0.15) is 0 Å². The number of carbonyl (C=O) groups excluding carboxylic acids is 2. The molecule has 1 unspecified atom stereocenters. The minimum atomic E-state index is -0.969. The molecule has 3 aromatic rings. The normalized spacial score (nSPS) is 11.1. The van der Waals surface area contributed by atoms with Crippen molar-refractivity contribution in [3.8, 4) is 17.2 Å². The van der Waals surface area contributed by atoms with Crippen molar-refractivity contribution in [3.63, 3.8) is 0 Å². The van der Waals surface area contributed by atoms with Crippen LogP contribution in [0, 0.1) is 5.41 Å². The van der Waals surface area contributed by atoms with Crippen molar-refractivity contribution in [1.29, 1.82) is 5.41 Å². The molecule has 35 heavy (non-hydrogen) atoms. The minimum Gasteiger partial charge on any atom is -0.493 e. The van der Waals surface area contributed by atoms with Crippen molar-refractivity contribution >= 4 is 23.3 Å². The van der Waals surface area contributed by atoms with Crippen LogP contribution >= 0.6 is 0 Å². The van der Waals surface area contributed by atoms with E-state index in [0.717, 1.165) is 0 Å². The molecule has 0 saturated heterocycles. The second-order valence-corrected chi connectivity index (χ2v) is 7.34. The fourth-order valence-corrected chi connectivity index (χ4v) is 3.33. The van der Waals surface area contributed by atoms with Gasteiger partial charge in [0.05, 0.1) is 21.3 Å². The Balaban J connectivity index is 1.92. The number of carbonyl (C=O) groups is 2. The number of hydrogen-bond donors (Lipinski definition) is 5. The molecule has 0 saturated carbocycles. The SMILES string of the molecule is COc1cc(C(Nc2ccc(C(=N)N)cc2)C(=O)NNC(=O)c2ccccc2)cc(OC)c1OC. The van der Waals surface area contributed by atoms with Crippen LogP contribution in [0.1, 0.15) is 27.5 Å². The van der Waals surface area contributed by atoms with E-state index >= 15 is 0 Å². The van der Waals surface area contributed by atoms with Crippen LogP contribution in [-0.2, 0) is 4.79 Å². The predicted octanol–water partition coefficient (Wildman–Crippen LogP) is 2.61. The van der Waals surface area contributed by atoms with Crippen LogP contribution in [-0.4, -0.2) is 39.0 Å². The number of amides is 2. The Bertz CT molecular complexity index is 1170. The topological polar surface area (TPSA) is 148 Å². The molecule has 0 aliphatic carbocycles. The molecule has 0 spiro atoms. The summed E-state index contributed by atoms with van der Waals surface area (Å²) in [6.07, 6.45) is 0. The molecule has 0 radical (unpaired) electrons. The maximum Gasteiger partial charge on any atom is 0.269 e. The Morgan fingerprint density at radius 2 is 1.43 bits per heavy atom. The van der Waals surface area contributed by atoms with Gasteiger partial charge >= 0.3 is 0 Å². The van der Waals surface area contributed by atoms with Gasteiger partial charge in [-0.15, -0.1) is 0 Å². The van der Waals surface area contributed by atoms with E-state index in [1.165, 1.54) is 21.3 Å². The first-order chi connectivity index (χ1) is 16.9. The molecule has 3 rings (SSSR count). The van der Waals surface area contributed by atoms with Crippen LogP contribution in [0.3, 0.4) is 0 Å². The second-order valence-electron chi connectivity index (χ2n) is 7.34. The van der Waals surface area contributed by atoms with Crippen molar-refractivity contribution < 1.29 is 23.8 Å². The highest BCUT2D eigenvalue weighted by Crippen LogP contribution is 2.40. The van der Waals surface area contributed by atoms with Crippen molar-refractivity contribution in [1.82, 2.24) is 10.9 Å². The number of nitrogens with one attached hydrogen (secondary N) is 4. The fourth-order valence-electron chi connectivity index (χ4n) is 3.33. The molecule has 2 amide bonds. The molecular weight excluding hydrogens is 450 g/mol. The zero-order valence-corrected chi connectivity index (χ0v) is 19.5. The average molecular weight is 478 g/mol. The van der Waals surface area contributed by atoms with Gasteiger partial charge in [0.25, 0.3) is 11.8 Å². The van der Waals surface area contributed by atoms with E-state index < -0.39 is 17.9 Å². The van der Waals surface area contributed by atoms with E-state index in [4.69, 9.17) is 25.4 Å². The first kappa shape index (κ1) is 24.9. The highest BCUT2D eigenvalue weighted by molar-refractivity contribution is 5.97. The smallest absolute Gasteiger partial charge is 0.269 e. The number of amidine groups is 1. The minimum absolute atomic E-state index is 0.0703. The van der Waals surface area contributed by atoms with E-state index in [0.29, 0.717) is 39.6 Å². The van der Waals surface area contributed by atoms with Gasteiger partial charge in [-0.05, 0) is 54.1 Å². The number of ether oxygens (including phenoxy) is 3. The number of benzene rings is 3. The van der Waals surface area contributed by atoms with Crippen molar-refractivity contribution in [3.05, 3.63) is 83.4 Å². The number of nitrogens with two attached hydrogens (primary N) is 1. The second kappa shape index (κ2) is 11.4. The summed E-state index contributed by atoms with van der Waals surface area (Å²) in [4.78, 5) is 25.7. The first-order valence-electron chi connectivity index (χ1n) is 10.5. The van der Waals surface area contributed by atoms with Crippen LogP contribution in [0.4, 0.5) is 5.69 Å². The molecule has 0 aliphatic rings. The van der Waals surface area contributed by atoms with E-state index in [-0.39, 0.29) is 5.84 Å². The summed E-state index contributed by atoms with van der Waals surface area (Å²) in [5, 5.41) is 10.7. The molecule has 0 heterocycles. The lowest BCUT2D eigenvalue weighted by atomic mass is 10.0. The van der Waals surface area contributed by atoms with Crippen LogP contribution in [0.15, 0.2) is 66.7 Å². The molecule has 1 atom stereocenters. The molecule has 0 aliphatic heterocycles. The lowest BCUT2D eigenvalue weighted by molar-refractivity contribution is -0.122. The van der Waals surface area contributed by atoms with E-state index in [9.17, 15) is 9.59 Å². The molecule has 3 aromatic carbocycles. The van der Waals surface area contributed by atoms with Crippen molar-refractivity contribution in [2.75, 3.05) is 26.6 Å².